The van der Waals surface area contributed by atoms with Gasteiger partial charge < -0.3 is 4.74 Å². The molecule has 3 rings (SSSR count). The lowest BCUT2D eigenvalue weighted by molar-refractivity contribution is 0.0594. The molecule has 0 fully saturated rings. The molecule has 1 aliphatic carbocycles. The van der Waals surface area contributed by atoms with Crippen molar-refractivity contribution in [3.05, 3.63) is 64.5 Å². The minimum absolute atomic E-state index is 0.328. The second-order valence-electron chi connectivity index (χ2n) is 5.87. The number of esters is 1. The van der Waals surface area contributed by atoms with Gasteiger partial charge in [0.1, 0.15) is 5.69 Å². The smallest absolute Gasteiger partial charge is 0.356 e. The van der Waals surface area contributed by atoms with Gasteiger partial charge in [0, 0.05) is 4.90 Å². The van der Waals surface area contributed by atoms with Gasteiger partial charge in [-0.2, -0.15) is 0 Å². The van der Waals surface area contributed by atoms with E-state index in [4.69, 9.17) is 4.74 Å². The molecule has 0 spiro atoms. The number of pyridine rings is 1. The van der Waals surface area contributed by atoms with Crippen LogP contribution in [0.25, 0.3) is 17.7 Å². The largest absolute Gasteiger partial charge is 0.464 e. The van der Waals surface area contributed by atoms with Crippen LogP contribution in [-0.2, 0) is 4.74 Å². The Morgan fingerprint density at radius 2 is 2.12 bits per heavy atom. The van der Waals surface area contributed by atoms with E-state index in [2.05, 4.69) is 48.5 Å². The van der Waals surface area contributed by atoms with E-state index in [0.717, 1.165) is 18.5 Å². The van der Waals surface area contributed by atoms with Gasteiger partial charge in [-0.1, -0.05) is 31.6 Å². The second-order valence-corrected chi connectivity index (χ2v) is 6.75. The molecular weight excluding hydrogens is 330 g/mol. The fraction of sp³-hybridized carbons (Fsp3) is 0.238. The molecule has 1 aromatic heterocycles. The summed E-state index contributed by atoms with van der Waals surface area (Å²) in [6.45, 7) is 2.19. The van der Waals surface area contributed by atoms with Gasteiger partial charge in [-0.25, -0.2) is 9.78 Å². The van der Waals surface area contributed by atoms with E-state index in [9.17, 15) is 4.79 Å². The molecule has 0 atom stereocenters. The Labute approximate surface area is 152 Å². The van der Waals surface area contributed by atoms with Gasteiger partial charge >= 0.3 is 5.97 Å². The fourth-order valence-electron chi connectivity index (χ4n) is 3.02. The third-order valence-electron chi connectivity index (χ3n) is 4.20. The summed E-state index contributed by atoms with van der Waals surface area (Å²) in [5, 5.41) is 0. The lowest BCUT2D eigenvalue weighted by Crippen LogP contribution is -2.04. The highest BCUT2D eigenvalue weighted by molar-refractivity contribution is 7.98. The highest BCUT2D eigenvalue weighted by Gasteiger charge is 2.19. The number of thioether (sulfide) groups is 1. The molecule has 0 unspecified atom stereocenters. The molecule has 0 radical (unpaired) electrons. The Morgan fingerprint density at radius 3 is 2.84 bits per heavy atom. The van der Waals surface area contributed by atoms with E-state index in [1.165, 1.54) is 34.3 Å². The summed E-state index contributed by atoms with van der Waals surface area (Å²) in [5.74, 6) is -0.416. The van der Waals surface area contributed by atoms with Crippen LogP contribution in [0.2, 0.25) is 0 Å². The molecule has 1 aliphatic rings. The zero-order valence-corrected chi connectivity index (χ0v) is 15.5. The van der Waals surface area contributed by atoms with Crippen molar-refractivity contribution in [2.75, 3.05) is 13.4 Å². The molecule has 1 aromatic carbocycles. The Hall–Kier alpha value is -2.33. The first-order chi connectivity index (χ1) is 12.2. The summed E-state index contributed by atoms with van der Waals surface area (Å²) in [4.78, 5) is 17.4. The number of hydrogen-bond acceptors (Lipinski definition) is 4. The zero-order valence-electron chi connectivity index (χ0n) is 14.7. The second kappa shape index (κ2) is 7.70. The maximum Gasteiger partial charge on any atom is 0.356 e. The first kappa shape index (κ1) is 17.5. The number of aromatic nitrogens is 1. The van der Waals surface area contributed by atoms with Crippen molar-refractivity contribution < 1.29 is 9.53 Å². The lowest BCUT2D eigenvalue weighted by atomic mass is 9.99. The van der Waals surface area contributed by atoms with Crippen LogP contribution in [0.4, 0.5) is 0 Å². The predicted octanol–water partition coefficient (Wildman–Crippen LogP) is 5.33. The molecule has 0 aliphatic heterocycles. The van der Waals surface area contributed by atoms with Crippen molar-refractivity contribution in [3.63, 3.8) is 0 Å². The fourth-order valence-corrected chi connectivity index (χ4v) is 3.46. The van der Waals surface area contributed by atoms with E-state index >= 15 is 0 Å². The monoisotopic (exact) mass is 351 g/mol. The molecule has 1 heterocycles. The van der Waals surface area contributed by atoms with Crippen LogP contribution in [0.15, 0.2) is 46.9 Å². The SMILES string of the molecule is CCCC1=Cc2cc(SC)ccc2/C1=C/c1cccc(C(=O)OC)n1. The van der Waals surface area contributed by atoms with Gasteiger partial charge in [0.05, 0.1) is 12.8 Å². The van der Waals surface area contributed by atoms with Crippen LogP contribution < -0.4 is 0 Å². The Bertz CT molecular complexity index is 868. The number of carbonyl (C=O) groups excluding carboxylic acids is 1. The first-order valence-electron chi connectivity index (χ1n) is 8.32. The normalized spacial score (nSPS) is 14.4. The van der Waals surface area contributed by atoms with Crippen molar-refractivity contribution >= 4 is 35.5 Å². The van der Waals surface area contributed by atoms with E-state index in [1.54, 1.807) is 17.8 Å². The highest BCUT2D eigenvalue weighted by atomic mass is 32.2. The molecule has 0 bridgehead atoms. The van der Waals surface area contributed by atoms with Crippen molar-refractivity contribution in [3.8, 4) is 0 Å². The molecule has 0 amide bonds. The number of hydrogen-bond donors (Lipinski definition) is 0. The van der Waals surface area contributed by atoms with E-state index in [0.29, 0.717) is 5.69 Å². The number of ether oxygens (including phenoxy) is 1. The summed E-state index contributed by atoms with van der Waals surface area (Å²) < 4.78 is 4.77. The third kappa shape index (κ3) is 3.69. The maximum atomic E-state index is 11.7. The van der Waals surface area contributed by atoms with Crippen LogP contribution in [0.3, 0.4) is 0 Å². The van der Waals surface area contributed by atoms with Crippen LogP contribution in [0, 0.1) is 0 Å². The number of nitrogens with zero attached hydrogens (tertiary/aromatic N) is 1. The van der Waals surface area contributed by atoms with Gasteiger partial charge in [-0.15, -0.1) is 11.8 Å². The number of methoxy groups -OCH3 is 1. The molecule has 4 heteroatoms. The van der Waals surface area contributed by atoms with E-state index in [-0.39, 0.29) is 0 Å². The molecule has 0 saturated carbocycles. The quantitative estimate of drug-likeness (QED) is 0.539. The minimum atomic E-state index is -0.416. The number of fused-ring (bicyclic) bond motifs is 1. The van der Waals surface area contributed by atoms with Crippen molar-refractivity contribution in [2.24, 2.45) is 0 Å². The Balaban J connectivity index is 2.05. The Kier molecular flexibility index (Phi) is 5.39. The number of benzene rings is 1. The van der Waals surface area contributed by atoms with Gasteiger partial charge in [0.25, 0.3) is 0 Å². The average Bonchev–Trinajstić information content (AvgIpc) is 2.98. The van der Waals surface area contributed by atoms with E-state index < -0.39 is 5.97 Å². The van der Waals surface area contributed by atoms with Crippen molar-refractivity contribution in [2.45, 2.75) is 24.7 Å². The van der Waals surface area contributed by atoms with E-state index in [1.807, 2.05) is 12.1 Å². The number of carbonyl (C=O) groups is 1. The minimum Gasteiger partial charge on any atom is -0.464 e. The summed E-state index contributed by atoms with van der Waals surface area (Å²) in [6, 6.07) is 12.0. The van der Waals surface area contributed by atoms with Crippen LogP contribution >= 0.6 is 11.8 Å². The molecule has 3 nitrogen and oxygen atoms in total. The van der Waals surface area contributed by atoms with Gasteiger partial charge in [-0.05, 0) is 65.3 Å². The van der Waals surface area contributed by atoms with Gasteiger partial charge in [0.15, 0.2) is 0 Å². The van der Waals surface area contributed by atoms with Crippen LogP contribution in [0.1, 0.15) is 47.1 Å². The predicted molar refractivity (Wildman–Crippen MR) is 105 cm³/mol. The zero-order chi connectivity index (χ0) is 17.8. The topological polar surface area (TPSA) is 39.2 Å². The van der Waals surface area contributed by atoms with Crippen LogP contribution in [0.5, 0.6) is 0 Å². The maximum absolute atomic E-state index is 11.7. The molecule has 2 aromatic rings. The Morgan fingerprint density at radius 1 is 1.28 bits per heavy atom. The standard InChI is InChI=1S/C21H21NO2S/c1-4-6-14-11-15-12-17(25-3)9-10-18(15)19(14)13-16-7-5-8-20(22-16)21(23)24-2/h5,7-13H,4,6H2,1-3H3/b19-13+. The third-order valence-corrected chi connectivity index (χ3v) is 4.93. The molecule has 128 valence electrons. The summed E-state index contributed by atoms with van der Waals surface area (Å²) >= 11 is 1.75. The number of rotatable bonds is 5. The summed E-state index contributed by atoms with van der Waals surface area (Å²) in [5.41, 5.74) is 6.09. The number of allylic oxidation sites excluding steroid dienone is 2. The average molecular weight is 351 g/mol. The molecular formula is C21H21NO2S. The van der Waals surface area contributed by atoms with Gasteiger partial charge in [-0.3, -0.25) is 0 Å². The highest BCUT2D eigenvalue weighted by Crippen LogP contribution is 2.40. The lowest BCUT2D eigenvalue weighted by Gasteiger charge is -2.08. The first-order valence-corrected chi connectivity index (χ1v) is 9.55. The van der Waals surface area contributed by atoms with Crippen molar-refractivity contribution in [1.29, 1.82) is 0 Å². The molecule has 0 saturated heterocycles. The van der Waals surface area contributed by atoms with Gasteiger partial charge in [0.2, 0.25) is 0 Å². The summed E-state index contributed by atoms with van der Waals surface area (Å²) in [7, 11) is 1.37. The van der Waals surface area contributed by atoms with Crippen molar-refractivity contribution in [1.82, 2.24) is 4.98 Å². The molecule has 0 N–H and O–H groups in total. The van der Waals surface area contributed by atoms with Crippen LogP contribution in [-0.4, -0.2) is 24.3 Å². The molecule has 25 heavy (non-hydrogen) atoms. The summed E-state index contributed by atoms with van der Waals surface area (Å²) in [6.07, 6.45) is 8.54.